The monoisotopic (exact) mass is 475 g/mol. The van der Waals surface area contributed by atoms with Crippen LogP contribution in [0.3, 0.4) is 0 Å². The molecule has 0 atom stereocenters. The second kappa shape index (κ2) is 7.55. The Morgan fingerprint density at radius 3 is 2.08 bits per heavy atom. The van der Waals surface area contributed by atoms with Crippen LogP contribution in [0, 0.1) is 0 Å². The van der Waals surface area contributed by atoms with E-state index in [0.717, 1.165) is 0 Å². The number of aromatic nitrogens is 1. The summed E-state index contributed by atoms with van der Waals surface area (Å²) in [5.41, 5.74) is 4.96. The van der Waals surface area contributed by atoms with Crippen molar-refractivity contribution in [3.63, 3.8) is 0 Å². The molecule has 0 aliphatic rings. The third-order valence-electron chi connectivity index (χ3n) is 7.40. The van der Waals surface area contributed by atoms with Gasteiger partial charge in [-0.05, 0) is 52.1 Å². The summed E-state index contributed by atoms with van der Waals surface area (Å²) in [4.78, 5) is 0. The molecule has 0 fully saturated rings. The Balaban J connectivity index is 1.54. The van der Waals surface area contributed by atoms with Crippen molar-refractivity contribution in [2.24, 2.45) is 0 Å². The molecule has 0 amide bonds. The molecule has 36 heavy (non-hydrogen) atoms. The first-order chi connectivity index (χ1) is 17.9. The van der Waals surface area contributed by atoms with Gasteiger partial charge in [0, 0.05) is 48.4 Å². The summed E-state index contributed by atoms with van der Waals surface area (Å²) in [5, 5.41) is 9.23. The summed E-state index contributed by atoms with van der Waals surface area (Å²) in [6.45, 7) is 0. The average Bonchev–Trinajstić information content (AvgIpc) is 3.52. The van der Waals surface area contributed by atoms with Crippen molar-refractivity contribution >= 4 is 64.0 Å². The maximum absolute atomic E-state index is 2.38. The van der Waals surface area contributed by atoms with Crippen molar-refractivity contribution in [3.8, 4) is 16.8 Å². The van der Waals surface area contributed by atoms with Crippen molar-refractivity contribution in [3.05, 3.63) is 128 Å². The molecule has 168 valence electrons. The minimum Gasteiger partial charge on any atom is -0.316 e. The minimum atomic E-state index is 1.18. The normalized spacial score (nSPS) is 11.9. The third-order valence-corrected chi connectivity index (χ3v) is 8.61. The van der Waals surface area contributed by atoms with Gasteiger partial charge < -0.3 is 4.57 Å². The van der Waals surface area contributed by atoms with Gasteiger partial charge in [0.25, 0.3) is 0 Å². The molecule has 0 radical (unpaired) electrons. The lowest BCUT2D eigenvalue weighted by atomic mass is 9.92. The minimum absolute atomic E-state index is 1.18. The summed E-state index contributed by atoms with van der Waals surface area (Å²) in [6.07, 6.45) is 2.32. The molecule has 2 aromatic heterocycles. The number of rotatable bonds is 2. The van der Waals surface area contributed by atoms with Crippen LogP contribution in [0.4, 0.5) is 0 Å². The highest BCUT2D eigenvalue weighted by Crippen LogP contribution is 2.45. The Labute approximate surface area is 212 Å². The number of para-hydroxylation sites is 2. The van der Waals surface area contributed by atoms with E-state index in [2.05, 4.69) is 132 Å². The van der Waals surface area contributed by atoms with E-state index in [1.807, 2.05) is 11.3 Å². The largest absolute Gasteiger partial charge is 0.316 e. The van der Waals surface area contributed by atoms with E-state index < -0.39 is 0 Å². The van der Waals surface area contributed by atoms with Crippen LogP contribution in [0.15, 0.2) is 128 Å². The van der Waals surface area contributed by atoms with Gasteiger partial charge in [-0.2, -0.15) is 0 Å². The van der Waals surface area contributed by atoms with E-state index in [-0.39, 0.29) is 0 Å². The molecule has 0 N–H and O–H groups in total. The van der Waals surface area contributed by atoms with Crippen molar-refractivity contribution in [2.75, 3.05) is 0 Å². The lowest BCUT2D eigenvalue weighted by molar-refractivity contribution is 1.13. The Kier molecular flexibility index (Phi) is 4.16. The van der Waals surface area contributed by atoms with Gasteiger partial charge >= 0.3 is 0 Å². The molecule has 8 rings (SSSR count). The summed E-state index contributed by atoms with van der Waals surface area (Å²) in [5.74, 6) is 0. The lowest BCUT2D eigenvalue weighted by Crippen LogP contribution is -1.90. The predicted octanol–water partition coefficient (Wildman–Crippen LogP) is 9.97. The molecule has 2 heterocycles. The zero-order chi connectivity index (χ0) is 23.6. The van der Waals surface area contributed by atoms with Gasteiger partial charge in [0.05, 0.1) is 5.52 Å². The zero-order valence-electron chi connectivity index (χ0n) is 19.5. The number of benzene rings is 6. The van der Waals surface area contributed by atoms with E-state index in [1.165, 1.54) is 69.4 Å². The molecule has 8 aromatic rings. The number of thiophene rings is 1. The fraction of sp³-hybridized carbons (Fsp3) is 0. The summed E-state index contributed by atoms with van der Waals surface area (Å²) >= 11 is 1.91. The predicted molar refractivity (Wildman–Crippen MR) is 157 cm³/mol. The number of nitrogens with zero attached hydrogens (tertiary/aromatic N) is 1. The van der Waals surface area contributed by atoms with E-state index in [9.17, 15) is 0 Å². The van der Waals surface area contributed by atoms with E-state index in [4.69, 9.17) is 0 Å². The standard InChI is InChI=1S/C34H21NS/c1-2-11-23(12-3-1)35-21-30(25-14-6-8-16-31(25)35)29-20-22-10-4-5-13-24(22)33-27(29)18-19-28-26-15-7-9-17-32(26)36-34(28)33/h1-21H. The van der Waals surface area contributed by atoms with Crippen LogP contribution >= 0.6 is 11.3 Å². The smallest absolute Gasteiger partial charge is 0.0534 e. The van der Waals surface area contributed by atoms with Gasteiger partial charge in [0.2, 0.25) is 0 Å². The first kappa shape index (κ1) is 19.9. The number of hydrogen-bond donors (Lipinski definition) is 0. The first-order valence-corrected chi connectivity index (χ1v) is 13.1. The van der Waals surface area contributed by atoms with Crippen LogP contribution in [-0.4, -0.2) is 4.57 Å². The highest BCUT2D eigenvalue weighted by molar-refractivity contribution is 7.26. The Morgan fingerprint density at radius 1 is 0.500 bits per heavy atom. The quantitative estimate of drug-likeness (QED) is 0.219. The van der Waals surface area contributed by atoms with Gasteiger partial charge in [0.15, 0.2) is 0 Å². The lowest BCUT2D eigenvalue weighted by Gasteiger charge is -2.12. The van der Waals surface area contributed by atoms with Crippen LogP contribution in [0.25, 0.3) is 69.4 Å². The maximum Gasteiger partial charge on any atom is 0.0534 e. The van der Waals surface area contributed by atoms with Gasteiger partial charge in [-0.3, -0.25) is 0 Å². The molecular weight excluding hydrogens is 454 g/mol. The van der Waals surface area contributed by atoms with Gasteiger partial charge in [0.1, 0.15) is 0 Å². The molecule has 6 aromatic carbocycles. The zero-order valence-corrected chi connectivity index (χ0v) is 20.3. The molecule has 0 bridgehead atoms. The summed E-state index contributed by atoms with van der Waals surface area (Å²) in [6, 6.07) is 44.0. The average molecular weight is 476 g/mol. The van der Waals surface area contributed by atoms with Gasteiger partial charge in [-0.1, -0.05) is 91.0 Å². The fourth-order valence-electron chi connectivity index (χ4n) is 5.78. The van der Waals surface area contributed by atoms with Crippen LogP contribution in [0.5, 0.6) is 0 Å². The molecule has 0 spiro atoms. The summed E-state index contributed by atoms with van der Waals surface area (Å²) in [7, 11) is 0. The topological polar surface area (TPSA) is 4.93 Å². The van der Waals surface area contributed by atoms with Crippen molar-refractivity contribution < 1.29 is 0 Å². The molecule has 0 unspecified atom stereocenters. The third kappa shape index (κ3) is 2.76. The molecule has 0 saturated heterocycles. The van der Waals surface area contributed by atoms with Crippen LogP contribution in [0.1, 0.15) is 0 Å². The highest BCUT2D eigenvalue weighted by atomic mass is 32.1. The van der Waals surface area contributed by atoms with Crippen LogP contribution in [-0.2, 0) is 0 Å². The Morgan fingerprint density at radius 2 is 1.19 bits per heavy atom. The number of hydrogen-bond acceptors (Lipinski definition) is 1. The highest BCUT2D eigenvalue weighted by Gasteiger charge is 2.18. The van der Waals surface area contributed by atoms with E-state index >= 15 is 0 Å². The Bertz CT molecular complexity index is 2090. The fourth-order valence-corrected chi connectivity index (χ4v) is 7.05. The second-order valence-corrected chi connectivity index (χ2v) is 10.4. The molecule has 2 heteroatoms. The van der Waals surface area contributed by atoms with Crippen molar-refractivity contribution in [2.45, 2.75) is 0 Å². The molecule has 0 saturated carbocycles. The second-order valence-electron chi connectivity index (χ2n) is 9.37. The Hall–Kier alpha value is -4.40. The van der Waals surface area contributed by atoms with E-state index in [0.29, 0.717) is 0 Å². The van der Waals surface area contributed by atoms with Crippen LogP contribution in [0.2, 0.25) is 0 Å². The molecular formula is C34H21NS. The molecule has 1 nitrogen and oxygen atoms in total. The van der Waals surface area contributed by atoms with Gasteiger partial charge in [-0.15, -0.1) is 11.3 Å². The first-order valence-electron chi connectivity index (χ1n) is 12.3. The SMILES string of the molecule is c1ccc(-n2cc(-c3cc4ccccc4c4c3ccc3c5ccccc5sc34)c3ccccc32)cc1. The molecule has 0 aliphatic carbocycles. The van der Waals surface area contributed by atoms with Gasteiger partial charge in [-0.25, -0.2) is 0 Å². The summed E-state index contributed by atoms with van der Waals surface area (Å²) < 4.78 is 5.04. The maximum atomic E-state index is 2.38. The van der Waals surface area contributed by atoms with Crippen molar-refractivity contribution in [1.29, 1.82) is 0 Å². The van der Waals surface area contributed by atoms with E-state index in [1.54, 1.807) is 0 Å². The van der Waals surface area contributed by atoms with Crippen molar-refractivity contribution in [1.82, 2.24) is 4.57 Å². The van der Waals surface area contributed by atoms with Crippen LogP contribution < -0.4 is 0 Å². The number of fused-ring (bicyclic) bond motifs is 8. The molecule has 0 aliphatic heterocycles.